The smallest absolute Gasteiger partial charge is 0.316 e. The number of nitrogens with zero attached hydrogens (tertiary/aromatic N) is 2. The van der Waals surface area contributed by atoms with E-state index in [1.807, 2.05) is 6.92 Å². The van der Waals surface area contributed by atoms with Crippen LogP contribution >= 0.6 is 11.8 Å². The molecule has 1 aromatic heterocycles. The second-order valence-corrected chi connectivity index (χ2v) is 4.25. The molecule has 1 unspecified atom stereocenters. The van der Waals surface area contributed by atoms with Gasteiger partial charge in [-0.3, -0.25) is 9.59 Å². The zero-order chi connectivity index (χ0) is 11.4. The van der Waals surface area contributed by atoms with Crippen molar-refractivity contribution >= 4 is 17.7 Å². The van der Waals surface area contributed by atoms with Crippen LogP contribution < -0.4 is 5.56 Å². The van der Waals surface area contributed by atoms with E-state index in [0.717, 1.165) is 11.8 Å². The molecule has 1 rings (SSSR count). The lowest BCUT2D eigenvalue weighted by Gasteiger charge is -2.06. The molecule has 0 radical (unpaired) electrons. The van der Waals surface area contributed by atoms with Crippen molar-refractivity contribution in [3.05, 3.63) is 22.7 Å². The third kappa shape index (κ3) is 2.82. The van der Waals surface area contributed by atoms with Crippen LogP contribution in [-0.2, 0) is 11.3 Å². The second kappa shape index (κ2) is 4.97. The molecule has 6 heteroatoms. The largest absolute Gasteiger partial charge is 0.480 e. The number of aromatic nitrogens is 2. The molecule has 0 saturated carbocycles. The van der Waals surface area contributed by atoms with Gasteiger partial charge in [0, 0.05) is 18.9 Å². The fourth-order valence-corrected chi connectivity index (χ4v) is 1.75. The predicted molar refractivity (Wildman–Crippen MR) is 57.1 cm³/mol. The van der Waals surface area contributed by atoms with E-state index < -0.39 is 11.2 Å². The normalized spacial score (nSPS) is 12.4. The summed E-state index contributed by atoms with van der Waals surface area (Å²) < 4.78 is 1.49. The number of rotatable bonds is 4. The van der Waals surface area contributed by atoms with Crippen LogP contribution in [0.5, 0.6) is 0 Å². The molecule has 1 N–H and O–H groups in total. The third-order valence-electron chi connectivity index (χ3n) is 1.86. The first-order valence-corrected chi connectivity index (χ1v) is 5.39. The molecule has 5 nitrogen and oxygen atoms in total. The number of hydrogen-bond donors (Lipinski definition) is 1. The number of hydrogen-bond acceptors (Lipinski definition) is 4. The molecule has 15 heavy (non-hydrogen) atoms. The van der Waals surface area contributed by atoms with Crippen LogP contribution in [0.15, 0.2) is 22.2 Å². The summed E-state index contributed by atoms with van der Waals surface area (Å²) in [6.07, 6.45) is 3.08. The zero-order valence-electron chi connectivity index (χ0n) is 8.51. The van der Waals surface area contributed by atoms with Gasteiger partial charge < -0.3 is 9.67 Å². The Bertz CT molecular complexity index is 416. The van der Waals surface area contributed by atoms with E-state index in [1.54, 1.807) is 6.20 Å². The summed E-state index contributed by atoms with van der Waals surface area (Å²) in [4.78, 5) is 26.1. The molecule has 82 valence electrons. The van der Waals surface area contributed by atoms with Crippen LogP contribution in [-0.4, -0.2) is 25.9 Å². The summed E-state index contributed by atoms with van der Waals surface area (Å²) in [6, 6.07) is 0. The van der Waals surface area contributed by atoms with Crippen LogP contribution in [0, 0.1) is 0 Å². The minimum Gasteiger partial charge on any atom is -0.480 e. The number of thioether (sulfide) groups is 1. The van der Waals surface area contributed by atoms with Gasteiger partial charge in [0.1, 0.15) is 5.25 Å². The van der Waals surface area contributed by atoms with Crippen LogP contribution in [0.3, 0.4) is 0 Å². The van der Waals surface area contributed by atoms with Crippen molar-refractivity contribution in [2.24, 2.45) is 0 Å². The highest BCUT2D eigenvalue weighted by molar-refractivity contribution is 8.00. The van der Waals surface area contributed by atoms with Gasteiger partial charge in [-0.2, -0.15) is 0 Å². The fourth-order valence-electron chi connectivity index (χ4n) is 0.975. The predicted octanol–water partition coefficient (Wildman–Crippen LogP) is 0.828. The molecule has 1 aromatic rings. The molecule has 0 bridgehead atoms. The fraction of sp³-hybridized carbons (Fsp3) is 0.444. The van der Waals surface area contributed by atoms with E-state index in [9.17, 15) is 9.59 Å². The first-order valence-electron chi connectivity index (χ1n) is 4.51. The van der Waals surface area contributed by atoms with Gasteiger partial charge in [0.25, 0.3) is 5.56 Å². The molecule has 0 aromatic carbocycles. The van der Waals surface area contributed by atoms with Gasteiger partial charge in [0.15, 0.2) is 5.03 Å². The maximum Gasteiger partial charge on any atom is 0.316 e. The van der Waals surface area contributed by atoms with Crippen molar-refractivity contribution in [3.8, 4) is 0 Å². The maximum absolute atomic E-state index is 11.6. The van der Waals surface area contributed by atoms with Crippen molar-refractivity contribution in [1.29, 1.82) is 0 Å². The third-order valence-corrected chi connectivity index (χ3v) is 2.92. The molecule has 0 fully saturated rings. The Balaban J connectivity index is 2.96. The topological polar surface area (TPSA) is 72.2 Å². The highest BCUT2D eigenvalue weighted by Gasteiger charge is 2.15. The summed E-state index contributed by atoms with van der Waals surface area (Å²) in [5, 5.41) is 8.27. The number of carboxylic acid groups (broad SMARTS) is 1. The van der Waals surface area contributed by atoms with Crippen LogP contribution in [0.4, 0.5) is 0 Å². The molecule has 0 aliphatic heterocycles. The minimum absolute atomic E-state index is 0.231. The number of aliphatic carboxylic acids is 1. The Morgan fingerprint density at radius 2 is 2.40 bits per heavy atom. The van der Waals surface area contributed by atoms with E-state index in [2.05, 4.69) is 4.98 Å². The van der Waals surface area contributed by atoms with Gasteiger partial charge in [0.05, 0.1) is 0 Å². The Morgan fingerprint density at radius 1 is 1.73 bits per heavy atom. The highest BCUT2D eigenvalue weighted by atomic mass is 32.2. The summed E-state index contributed by atoms with van der Waals surface area (Å²) in [6.45, 7) is 3.92. The SMILES string of the molecule is CCn1ccnc(SC(C)C(=O)O)c1=O. The van der Waals surface area contributed by atoms with E-state index in [0.29, 0.717) is 6.54 Å². The molecule has 1 atom stereocenters. The molecular formula is C9H12N2O3S. The summed E-state index contributed by atoms with van der Waals surface area (Å²) in [7, 11) is 0. The van der Waals surface area contributed by atoms with Gasteiger partial charge in [-0.1, -0.05) is 11.8 Å². The van der Waals surface area contributed by atoms with Gasteiger partial charge in [-0.15, -0.1) is 0 Å². The van der Waals surface area contributed by atoms with Crippen molar-refractivity contribution < 1.29 is 9.90 Å². The van der Waals surface area contributed by atoms with Gasteiger partial charge >= 0.3 is 5.97 Å². The molecular weight excluding hydrogens is 216 g/mol. The first-order chi connectivity index (χ1) is 7.06. The zero-order valence-corrected chi connectivity index (χ0v) is 9.32. The average Bonchev–Trinajstić information content (AvgIpc) is 2.21. The van der Waals surface area contributed by atoms with Crippen LogP contribution in [0.2, 0.25) is 0 Å². The van der Waals surface area contributed by atoms with E-state index in [-0.39, 0.29) is 10.6 Å². The van der Waals surface area contributed by atoms with Crippen molar-refractivity contribution in [2.75, 3.05) is 0 Å². The lowest BCUT2D eigenvalue weighted by Crippen LogP contribution is -2.23. The lowest BCUT2D eigenvalue weighted by atomic mass is 10.5. The quantitative estimate of drug-likeness (QED) is 0.773. The summed E-state index contributed by atoms with van der Waals surface area (Å²) >= 11 is 0.964. The lowest BCUT2D eigenvalue weighted by molar-refractivity contribution is -0.136. The van der Waals surface area contributed by atoms with E-state index in [1.165, 1.54) is 17.7 Å². The van der Waals surface area contributed by atoms with Gasteiger partial charge in [0.2, 0.25) is 0 Å². The summed E-state index contributed by atoms with van der Waals surface area (Å²) in [5.41, 5.74) is -0.238. The monoisotopic (exact) mass is 228 g/mol. The van der Waals surface area contributed by atoms with E-state index >= 15 is 0 Å². The van der Waals surface area contributed by atoms with Crippen molar-refractivity contribution in [2.45, 2.75) is 30.7 Å². The minimum atomic E-state index is -0.951. The standard InChI is InChI=1S/C9H12N2O3S/c1-3-11-5-4-10-7(8(11)12)15-6(2)9(13)14/h4-6H,3H2,1-2H3,(H,13,14). The number of carbonyl (C=O) groups is 1. The number of aryl methyl sites for hydroxylation is 1. The van der Waals surface area contributed by atoms with Crippen molar-refractivity contribution in [1.82, 2.24) is 9.55 Å². The maximum atomic E-state index is 11.6. The van der Waals surface area contributed by atoms with Crippen LogP contribution in [0.25, 0.3) is 0 Å². The molecule has 0 aliphatic rings. The Kier molecular flexibility index (Phi) is 3.90. The molecule has 1 heterocycles. The van der Waals surface area contributed by atoms with Crippen molar-refractivity contribution in [3.63, 3.8) is 0 Å². The number of carboxylic acids is 1. The van der Waals surface area contributed by atoms with E-state index in [4.69, 9.17) is 5.11 Å². The molecule has 0 saturated heterocycles. The molecule has 0 spiro atoms. The Hall–Kier alpha value is -1.30. The van der Waals surface area contributed by atoms with Gasteiger partial charge in [-0.25, -0.2) is 4.98 Å². The Morgan fingerprint density at radius 3 is 2.93 bits per heavy atom. The highest BCUT2D eigenvalue weighted by Crippen LogP contribution is 2.17. The summed E-state index contributed by atoms with van der Waals surface area (Å²) in [5.74, 6) is -0.951. The Labute approximate surface area is 91.1 Å². The first kappa shape index (κ1) is 11.8. The molecule has 0 amide bonds. The molecule has 0 aliphatic carbocycles. The second-order valence-electron chi connectivity index (χ2n) is 2.92. The van der Waals surface area contributed by atoms with Gasteiger partial charge in [-0.05, 0) is 13.8 Å². The van der Waals surface area contributed by atoms with Crippen LogP contribution in [0.1, 0.15) is 13.8 Å². The average molecular weight is 228 g/mol.